The number of benzene rings is 1. The Labute approximate surface area is 128 Å². The summed E-state index contributed by atoms with van der Waals surface area (Å²) in [7, 11) is 0. The maximum atomic E-state index is 12.3. The van der Waals surface area contributed by atoms with Gasteiger partial charge in [0.2, 0.25) is 5.91 Å². The second kappa shape index (κ2) is 6.60. The van der Waals surface area contributed by atoms with Crippen molar-refractivity contribution in [2.75, 3.05) is 5.32 Å². The largest absolute Gasteiger partial charge is 0.480 e. The Morgan fingerprint density at radius 3 is 2.73 bits per heavy atom. The van der Waals surface area contributed by atoms with Gasteiger partial charge in [0.1, 0.15) is 6.04 Å². The van der Waals surface area contributed by atoms with Crippen molar-refractivity contribution in [3.8, 4) is 0 Å². The molecule has 0 aliphatic carbocycles. The van der Waals surface area contributed by atoms with Crippen molar-refractivity contribution in [3.63, 3.8) is 0 Å². The highest BCUT2D eigenvalue weighted by Gasteiger charge is 2.26. The number of fused-ring (bicyclic) bond motifs is 1. The molecule has 1 aliphatic rings. The Bertz CT molecular complexity index is 612. The zero-order valence-corrected chi connectivity index (χ0v) is 12.7. The molecule has 118 valence electrons. The van der Waals surface area contributed by atoms with Crippen LogP contribution >= 0.6 is 0 Å². The van der Waals surface area contributed by atoms with Crippen molar-refractivity contribution in [1.82, 2.24) is 5.32 Å². The predicted molar refractivity (Wildman–Crippen MR) is 81.7 cm³/mol. The Hall–Kier alpha value is -2.37. The van der Waals surface area contributed by atoms with E-state index in [0.717, 1.165) is 5.56 Å². The number of carboxylic acid groups (broad SMARTS) is 1. The molecule has 0 aromatic heterocycles. The van der Waals surface area contributed by atoms with Gasteiger partial charge in [-0.15, -0.1) is 0 Å². The molecule has 0 bridgehead atoms. The van der Waals surface area contributed by atoms with Crippen LogP contribution in [0, 0.1) is 5.92 Å². The molecule has 1 heterocycles. The quantitative estimate of drug-likeness (QED) is 0.773. The zero-order valence-electron chi connectivity index (χ0n) is 12.7. The van der Waals surface area contributed by atoms with Crippen LogP contribution in [-0.2, 0) is 16.0 Å². The minimum Gasteiger partial charge on any atom is -0.480 e. The SMILES string of the molecule is CCC(C)C(NC(=O)c1ccc2c(c1)CCC(=O)N2)C(=O)O. The lowest BCUT2D eigenvalue weighted by atomic mass is 9.97. The molecule has 22 heavy (non-hydrogen) atoms. The summed E-state index contributed by atoms with van der Waals surface area (Å²) in [6.45, 7) is 3.68. The maximum absolute atomic E-state index is 12.3. The summed E-state index contributed by atoms with van der Waals surface area (Å²) in [6, 6.07) is 4.07. The van der Waals surface area contributed by atoms with E-state index in [2.05, 4.69) is 10.6 Å². The molecular weight excluding hydrogens is 284 g/mol. The van der Waals surface area contributed by atoms with Gasteiger partial charge in [-0.2, -0.15) is 0 Å². The lowest BCUT2D eigenvalue weighted by molar-refractivity contribution is -0.140. The molecule has 2 unspecified atom stereocenters. The van der Waals surface area contributed by atoms with E-state index in [-0.39, 0.29) is 11.8 Å². The molecule has 6 nitrogen and oxygen atoms in total. The van der Waals surface area contributed by atoms with Crippen molar-refractivity contribution < 1.29 is 19.5 Å². The van der Waals surface area contributed by atoms with Crippen LogP contribution in [0.3, 0.4) is 0 Å². The second-order valence-corrected chi connectivity index (χ2v) is 5.60. The van der Waals surface area contributed by atoms with E-state index in [1.807, 2.05) is 6.92 Å². The lowest BCUT2D eigenvalue weighted by Crippen LogP contribution is -2.45. The first-order chi connectivity index (χ1) is 10.4. The summed E-state index contributed by atoms with van der Waals surface area (Å²) < 4.78 is 0. The second-order valence-electron chi connectivity index (χ2n) is 5.60. The number of nitrogens with one attached hydrogen (secondary N) is 2. The van der Waals surface area contributed by atoms with Crippen LogP contribution in [0.25, 0.3) is 0 Å². The molecule has 1 aliphatic heterocycles. The van der Waals surface area contributed by atoms with Gasteiger partial charge in [0.25, 0.3) is 5.91 Å². The Balaban J connectivity index is 2.16. The highest BCUT2D eigenvalue weighted by atomic mass is 16.4. The van der Waals surface area contributed by atoms with Crippen LogP contribution in [0.15, 0.2) is 18.2 Å². The number of carbonyl (C=O) groups excluding carboxylic acids is 2. The topological polar surface area (TPSA) is 95.5 Å². The van der Waals surface area contributed by atoms with Gasteiger partial charge in [-0.05, 0) is 36.1 Å². The van der Waals surface area contributed by atoms with Gasteiger partial charge >= 0.3 is 5.97 Å². The van der Waals surface area contributed by atoms with E-state index in [0.29, 0.717) is 30.5 Å². The molecule has 3 N–H and O–H groups in total. The number of aryl methyl sites for hydroxylation is 1. The van der Waals surface area contributed by atoms with Crippen molar-refractivity contribution >= 4 is 23.5 Å². The molecule has 2 amide bonds. The summed E-state index contributed by atoms with van der Waals surface area (Å²) in [5.41, 5.74) is 2.01. The number of aliphatic carboxylic acids is 1. The molecule has 2 rings (SSSR count). The van der Waals surface area contributed by atoms with E-state index in [4.69, 9.17) is 0 Å². The van der Waals surface area contributed by atoms with Crippen molar-refractivity contribution in [3.05, 3.63) is 29.3 Å². The number of hydrogen-bond donors (Lipinski definition) is 3. The van der Waals surface area contributed by atoms with Gasteiger partial charge in [-0.3, -0.25) is 9.59 Å². The molecule has 0 fully saturated rings. The first-order valence-electron chi connectivity index (χ1n) is 7.38. The van der Waals surface area contributed by atoms with Gasteiger partial charge in [0, 0.05) is 17.7 Å². The van der Waals surface area contributed by atoms with Crippen molar-refractivity contribution in [2.45, 2.75) is 39.2 Å². The van der Waals surface area contributed by atoms with Gasteiger partial charge in [-0.25, -0.2) is 4.79 Å². The summed E-state index contributed by atoms with van der Waals surface area (Å²) in [5, 5.41) is 14.6. The van der Waals surface area contributed by atoms with E-state index in [9.17, 15) is 19.5 Å². The smallest absolute Gasteiger partial charge is 0.326 e. The van der Waals surface area contributed by atoms with E-state index < -0.39 is 17.9 Å². The van der Waals surface area contributed by atoms with Crippen LogP contribution in [0.1, 0.15) is 42.6 Å². The Kier molecular flexibility index (Phi) is 4.80. The minimum atomic E-state index is -1.03. The Morgan fingerprint density at radius 2 is 2.09 bits per heavy atom. The highest BCUT2D eigenvalue weighted by Crippen LogP contribution is 2.23. The highest BCUT2D eigenvalue weighted by molar-refractivity contribution is 5.99. The molecule has 0 radical (unpaired) electrons. The van der Waals surface area contributed by atoms with E-state index in [1.165, 1.54) is 0 Å². The summed E-state index contributed by atoms with van der Waals surface area (Å²) in [4.78, 5) is 34.9. The van der Waals surface area contributed by atoms with Gasteiger partial charge in [0.05, 0.1) is 0 Å². The first-order valence-corrected chi connectivity index (χ1v) is 7.38. The third-order valence-electron chi connectivity index (χ3n) is 4.03. The third-order valence-corrected chi connectivity index (χ3v) is 4.03. The fourth-order valence-electron chi connectivity index (χ4n) is 2.43. The van der Waals surface area contributed by atoms with Crippen molar-refractivity contribution in [1.29, 1.82) is 0 Å². The predicted octanol–water partition coefficient (Wildman–Crippen LogP) is 1.80. The standard InChI is InChI=1S/C16H20N2O4/c1-3-9(2)14(16(21)22)18-15(20)11-4-6-12-10(8-11)5-7-13(19)17-12/h4,6,8-9,14H,3,5,7H2,1-2H3,(H,17,19)(H,18,20)(H,21,22). The number of amides is 2. The number of hydrogen-bond acceptors (Lipinski definition) is 3. The van der Waals surface area contributed by atoms with Gasteiger partial charge < -0.3 is 15.7 Å². The normalized spacial score (nSPS) is 16.2. The monoisotopic (exact) mass is 304 g/mol. The van der Waals surface area contributed by atoms with Crippen LogP contribution in [0.2, 0.25) is 0 Å². The number of carbonyl (C=O) groups is 3. The van der Waals surface area contributed by atoms with Gasteiger partial charge in [-0.1, -0.05) is 20.3 Å². The number of carboxylic acids is 1. The Morgan fingerprint density at radius 1 is 1.36 bits per heavy atom. The van der Waals surface area contributed by atoms with Crippen LogP contribution in [0.4, 0.5) is 5.69 Å². The minimum absolute atomic E-state index is 0.0348. The maximum Gasteiger partial charge on any atom is 0.326 e. The average Bonchev–Trinajstić information content (AvgIpc) is 2.50. The number of anilines is 1. The van der Waals surface area contributed by atoms with E-state index in [1.54, 1.807) is 25.1 Å². The molecule has 0 saturated heterocycles. The molecule has 2 atom stereocenters. The lowest BCUT2D eigenvalue weighted by Gasteiger charge is -2.21. The fourth-order valence-corrected chi connectivity index (χ4v) is 2.43. The van der Waals surface area contributed by atoms with Gasteiger partial charge in [0.15, 0.2) is 0 Å². The molecular formula is C16H20N2O4. The summed E-state index contributed by atoms with van der Waals surface area (Å²) in [5.74, 6) is -1.63. The number of rotatable bonds is 5. The third kappa shape index (κ3) is 3.44. The molecule has 1 aromatic carbocycles. The average molecular weight is 304 g/mol. The fraction of sp³-hybridized carbons (Fsp3) is 0.438. The molecule has 1 aromatic rings. The molecule has 0 spiro atoms. The molecule has 0 saturated carbocycles. The van der Waals surface area contributed by atoms with Crippen LogP contribution < -0.4 is 10.6 Å². The first kappa shape index (κ1) is 16.0. The molecule has 6 heteroatoms. The van der Waals surface area contributed by atoms with Crippen molar-refractivity contribution in [2.24, 2.45) is 5.92 Å². The van der Waals surface area contributed by atoms with Crippen LogP contribution in [-0.4, -0.2) is 28.9 Å². The van der Waals surface area contributed by atoms with E-state index >= 15 is 0 Å². The zero-order chi connectivity index (χ0) is 16.3. The van der Waals surface area contributed by atoms with Crippen LogP contribution in [0.5, 0.6) is 0 Å². The summed E-state index contributed by atoms with van der Waals surface area (Å²) in [6.07, 6.45) is 1.63. The summed E-state index contributed by atoms with van der Waals surface area (Å²) >= 11 is 0.